The van der Waals surface area contributed by atoms with Crippen LogP contribution in [0.15, 0.2) is 61.2 Å². The predicted molar refractivity (Wildman–Crippen MR) is 81.9 cm³/mol. The van der Waals surface area contributed by atoms with Crippen molar-refractivity contribution in [1.82, 2.24) is 14.8 Å². The third-order valence-electron chi connectivity index (χ3n) is 3.02. The lowest BCUT2D eigenvalue weighted by Crippen LogP contribution is -2.21. The first-order chi connectivity index (χ1) is 11.2. The number of pyridine rings is 1. The molecule has 0 fully saturated rings. The van der Waals surface area contributed by atoms with Crippen molar-refractivity contribution < 1.29 is 13.9 Å². The number of nitrogens with zero attached hydrogens (tertiary/aromatic N) is 3. The largest absolute Gasteiger partial charge is 0.481 e. The van der Waals surface area contributed by atoms with E-state index in [1.807, 2.05) is 0 Å². The highest BCUT2D eigenvalue weighted by Gasteiger charge is 2.10. The summed E-state index contributed by atoms with van der Waals surface area (Å²) >= 11 is 0. The summed E-state index contributed by atoms with van der Waals surface area (Å²) in [5, 5.41) is 6.80. The fourth-order valence-electron chi connectivity index (χ4n) is 1.99. The second kappa shape index (κ2) is 6.69. The lowest BCUT2D eigenvalue weighted by atomic mass is 10.3. The van der Waals surface area contributed by atoms with E-state index in [1.165, 1.54) is 18.3 Å². The van der Waals surface area contributed by atoms with Gasteiger partial charge in [0.25, 0.3) is 5.91 Å². The number of amides is 1. The Kier molecular flexibility index (Phi) is 4.28. The number of anilines is 1. The zero-order chi connectivity index (χ0) is 16.1. The number of carbonyl (C=O) groups is 1. The van der Waals surface area contributed by atoms with Gasteiger partial charge >= 0.3 is 0 Å². The van der Waals surface area contributed by atoms with Gasteiger partial charge in [-0.15, -0.1) is 0 Å². The molecule has 3 rings (SSSR count). The standard InChI is InChI=1S/C16H13FN4O2/c17-12-4-1-2-5-15(12)23-11-16(22)20-13-10-18-8-6-14(13)21-9-3-7-19-21/h1-10H,11H2,(H,20,22). The smallest absolute Gasteiger partial charge is 0.262 e. The fraction of sp³-hybridized carbons (Fsp3) is 0.0625. The van der Waals surface area contributed by atoms with Crippen LogP contribution in [0, 0.1) is 5.82 Å². The first-order valence-corrected chi connectivity index (χ1v) is 6.85. The molecule has 0 atom stereocenters. The minimum Gasteiger partial charge on any atom is -0.481 e. The number of para-hydroxylation sites is 1. The van der Waals surface area contributed by atoms with E-state index in [9.17, 15) is 9.18 Å². The molecule has 7 heteroatoms. The van der Waals surface area contributed by atoms with E-state index in [1.54, 1.807) is 47.5 Å². The summed E-state index contributed by atoms with van der Waals surface area (Å²) in [5.74, 6) is -0.908. The molecule has 0 radical (unpaired) electrons. The van der Waals surface area contributed by atoms with E-state index in [2.05, 4.69) is 15.4 Å². The van der Waals surface area contributed by atoms with Crippen molar-refractivity contribution >= 4 is 11.6 Å². The first kappa shape index (κ1) is 14.7. The molecule has 3 aromatic rings. The van der Waals surface area contributed by atoms with Crippen LogP contribution in [-0.2, 0) is 4.79 Å². The number of aromatic nitrogens is 3. The fourth-order valence-corrected chi connectivity index (χ4v) is 1.99. The van der Waals surface area contributed by atoms with Crippen LogP contribution in [0.4, 0.5) is 10.1 Å². The van der Waals surface area contributed by atoms with Gasteiger partial charge < -0.3 is 10.1 Å². The molecule has 2 heterocycles. The Balaban J connectivity index is 1.68. The van der Waals surface area contributed by atoms with Crippen LogP contribution >= 0.6 is 0 Å². The summed E-state index contributed by atoms with van der Waals surface area (Å²) < 4.78 is 20.2. The highest BCUT2D eigenvalue weighted by atomic mass is 19.1. The number of nitrogens with one attached hydrogen (secondary N) is 1. The second-order valence-corrected chi connectivity index (χ2v) is 4.61. The third kappa shape index (κ3) is 3.52. The second-order valence-electron chi connectivity index (χ2n) is 4.61. The van der Waals surface area contributed by atoms with Gasteiger partial charge in [-0.2, -0.15) is 5.10 Å². The van der Waals surface area contributed by atoms with Crippen molar-refractivity contribution in [2.45, 2.75) is 0 Å². The zero-order valence-electron chi connectivity index (χ0n) is 12.0. The molecule has 116 valence electrons. The van der Waals surface area contributed by atoms with Gasteiger partial charge in [-0.05, 0) is 24.3 Å². The molecule has 0 saturated heterocycles. The molecule has 0 spiro atoms. The van der Waals surface area contributed by atoms with E-state index in [4.69, 9.17) is 4.74 Å². The highest BCUT2D eigenvalue weighted by molar-refractivity contribution is 5.93. The predicted octanol–water partition coefficient (Wildman–Crippen LogP) is 2.42. The Morgan fingerprint density at radius 2 is 2.09 bits per heavy atom. The van der Waals surface area contributed by atoms with E-state index >= 15 is 0 Å². The summed E-state index contributed by atoms with van der Waals surface area (Å²) in [6.07, 6.45) is 6.49. The molecule has 6 nitrogen and oxygen atoms in total. The van der Waals surface area contributed by atoms with Crippen molar-refractivity contribution in [3.05, 3.63) is 67.0 Å². The van der Waals surface area contributed by atoms with Crippen LogP contribution in [0.3, 0.4) is 0 Å². The van der Waals surface area contributed by atoms with Gasteiger partial charge in [0, 0.05) is 18.6 Å². The molecule has 0 unspecified atom stereocenters. The summed E-state index contributed by atoms with van der Waals surface area (Å²) in [5.41, 5.74) is 1.16. The molecule has 0 aliphatic carbocycles. The maximum absolute atomic E-state index is 13.4. The van der Waals surface area contributed by atoms with Crippen LogP contribution in [0.5, 0.6) is 5.75 Å². The molecular weight excluding hydrogens is 299 g/mol. The van der Waals surface area contributed by atoms with Crippen LogP contribution in [-0.4, -0.2) is 27.3 Å². The summed E-state index contributed by atoms with van der Waals surface area (Å²) in [6, 6.07) is 9.40. The Morgan fingerprint density at radius 1 is 1.22 bits per heavy atom. The molecule has 1 aromatic carbocycles. The number of carbonyl (C=O) groups excluding carboxylic acids is 1. The number of rotatable bonds is 5. The minimum absolute atomic E-state index is 0.0288. The summed E-state index contributed by atoms with van der Waals surface area (Å²) in [4.78, 5) is 16.0. The van der Waals surface area contributed by atoms with Gasteiger partial charge in [0.05, 0.1) is 17.6 Å². The van der Waals surface area contributed by atoms with E-state index in [0.29, 0.717) is 11.4 Å². The van der Waals surface area contributed by atoms with Crippen molar-refractivity contribution in [1.29, 1.82) is 0 Å². The molecule has 0 aliphatic rings. The maximum atomic E-state index is 13.4. The van der Waals surface area contributed by atoms with Crippen molar-refractivity contribution in [3.8, 4) is 11.4 Å². The lowest BCUT2D eigenvalue weighted by Gasteiger charge is -2.11. The van der Waals surface area contributed by atoms with Crippen molar-refractivity contribution in [2.24, 2.45) is 0 Å². The van der Waals surface area contributed by atoms with Gasteiger partial charge in [-0.1, -0.05) is 12.1 Å². The van der Waals surface area contributed by atoms with Gasteiger partial charge in [-0.25, -0.2) is 9.07 Å². The molecule has 0 aliphatic heterocycles. The summed E-state index contributed by atoms with van der Waals surface area (Å²) in [7, 11) is 0. The normalized spacial score (nSPS) is 10.3. The molecule has 1 amide bonds. The Bertz CT molecular complexity index is 805. The zero-order valence-corrected chi connectivity index (χ0v) is 12.0. The monoisotopic (exact) mass is 312 g/mol. The topological polar surface area (TPSA) is 69.0 Å². The first-order valence-electron chi connectivity index (χ1n) is 6.85. The SMILES string of the molecule is O=C(COc1ccccc1F)Nc1cnccc1-n1cccn1. The number of hydrogen-bond donors (Lipinski definition) is 1. The number of benzene rings is 1. The van der Waals surface area contributed by atoms with Gasteiger partial charge in [0.1, 0.15) is 0 Å². The van der Waals surface area contributed by atoms with Crippen molar-refractivity contribution in [3.63, 3.8) is 0 Å². The average molecular weight is 312 g/mol. The number of ether oxygens (including phenoxy) is 1. The number of hydrogen-bond acceptors (Lipinski definition) is 4. The molecule has 0 saturated carbocycles. The Morgan fingerprint density at radius 3 is 2.87 bits per heavy atom. The highest BCUT2D eigenvalue weighted by Crippen LogP contribution is 2.18. The van der Waals surface area contributed by atoms with Crippen molar-refractivity contribution in [2.75, 3.05) is 11.9 Å². The molecule has 1 N–H and O–H groups in total. The van der Waals surface area contributed by atoms with E-state index in [-0.39, 0.29) is 12.4 Å². The minimum atomic E-state index is -0.515. The Hall–Kier alpha value is -3.22. The van der Waals surface area contributed by atoms with Crippen LogP contribution in [0.25, 0.3) is 5.69 Å². The summed E-state index contributed by atoms with van der Waals surface area (Å²) in [6.45, 7) is -0.311. The average Bonchev–Trinajstić information content (AvgIpc) is 3.09. The maximum Gasteiger partial charge on any atom is 0.262 e. The van der Waals surface area contributed by atoms with Gasteiger partial charge in [0.15, 0.2) is 18.2 Å². The van der Waals surface area contributed by atoms with E-state index in [0.717, 1.165) is 0 Å². The van der Waals surface area contributed by atoms with Crippen LogP contribution < -0.4 is 10.1 Å². The third-order valence-corrected chi connectivity index (χ3v) is 3.02. The number of halogens is 1. The van der Waals surface area contributed by atoms with Gasteiger partial charge in [0.2, 0.25) is 0 Å². The lowest BCUT2D eigenvalue weighted by molar-refractivity contribution is -0.118. The Labute approximate surface area is 131 Å². The molecule has 23 heavy (non-hydrogen) atoms. The van der Waals surface area contributed by atoms with E-state index < -0.39 is 11.7 Å². The molecular formula is C16H13FN4O2. The van der Waals surface area contributed by atoms with Crippen LogP contribution in [0.2, 0.25) is 0 Å². The molecule has 2 aromatic heterocycles. The molecule has 0 bridgehead atoms. The van der Waals surface area contributed by atoms with Crippen LogP contribution in [0.1, 0.15) is 0 Å². The quantitative estimate of drug-likeness (QED) is 0.785. The van der Waals surface area contributed by atoms with Gasteiger partial charge in [-0.3, -0.25) is 9.78 Å².